The maximum absolute atomic E-state index is 13.8. The first-order valence-corrected chi connectivity index (χ1v) is 12.7. The van der Waals surface area contributed by atoms with Crippen LogP contribution in [0.3, 0.4) is 0 Å². The summed E-state index contributed by atoms with van der Waals surface area (Å²) < 4.78 is 17.0. The Hall–Kier alpha value is -3.54. The minimum atomic E-state index is -0.579. The van der Waals surface area contributed by atoms with Gasteiger partial charge in [0.15, 0.2) is 0 Å². The fraction of sp³-hybridized carbons (Fsp3) is 0.400. The molecule has 0 saturated heterocycles. The minimum absolute atomic E-state index is 0.0237. The summed E-state index contributed by atoms with van der Waals surface area (Å²) in [5, 5.41) is 1.91. The first-order chi connectivity index (χ1) is 17.1. The summed E-state index contributed by atoms with van der Waals surface area (Å²) in [6.07, 6.45) is 1.43. The van der Waals surface area contributed by atoms with E-state index in [1.807, 2.05) is 62.6 Å². The number of aryl methyl sites for hydroxylation is 2. The maximum Gasteiger partial charge on any atom is 0.258 e. The van der Waals surface area contributed by atoms with Crippen LogP contribution in [0.5, 0.6) is 11.5 Å². The van der Waals surface area contributed by atoms with Crippen LogP contribution >= 0.6 is 0 Å². The van der Waals surface area contributed by atoms with Gasteiger partial charge in [-0.3, -0.25) is 9.59 Å². The van der Waals surface area contributed by atoms with Gasteiger partial charge in [0, 0.05) is 42.6 Å². The van der Waals surface area contributed by atoms with Gasteiger partial charge in [-0.1, -0.05) is 24.3 Å². The molecule has 184 valence electrons. The Bertz CT molecular complexity index is 1630. The molecular weight excluding hydrogens is 452 g/mol. The predicted octanol–water partition coefficient (Wildman–Crippen LogP) is 4.99. The Kier molecular flexibility index (Phi) is 4.11. The third-order valence-electron chi connectivity index (χ3n) is 9.01. The Balaban J connectivity index is 1.54. The summed E-state index contributed by atoms with van der Waals surface area (Å²) in [4.78, 5) is 27.7. The van der Waals surface area contributed by atoms with E-state index in [1.165, 1.54) is 0 Å². The number of para-hydroxylation sites is 2. The largest absolute Gasteiger partial charge is 0.486 e. The van der Waals surface area contributed by atoms with E-state index in [-0.39, 0.29) is 28.9 Å². The maximum atomic E-state index is 13.8. The van der Waals surface area contributed by atoms with Gasteiger partial charge < -0.3 is 18.6 Å². The van der Waals surface area contributed by atoms with Crippen LogP contribution in [0.4, 0.5) is 0 Å². The summed E-state index contributed by atoms with van der Waals surface area (Å²) >= 11 is 0. The molecule has 0 amide bonds. The fourth-order valence-corrected chi connectivity index (χ4v) is 7.60. The van der Waals surface area contributed by atoms with Gasteiger partial charge in [-0.05, 0) is 57.9 Å². The van der Waals surface area contributed by atoms with Gasteiger partial charge in [-0.25, -0.2) is 0 Å². The van der Waals surface area contributed by atoms with Gasteiger partial charge in [-0.15, -0.1) is 0 Å². The number of hydrogen-bond acceptors (Lipinski definition) is 4. The highest BCUT2D eigenvalue weighted by molar-refractivity contribution is 5.88. The smallest absolute Gasteiger partial charge is 0.258 e. The zero-order valence-electron chi connectivity index (χ0n) is 21.3. The molecule has 1 aliphatic carbocycles. The summed E-state index contributed by atoms with van der Waals surface area (Å²) in [6.45, 7) is 6.37. The Morgan fingerprint density at radius 2 is 1.17 bits per heavy atom. The van der Waals surface area contributed by atoms with Crippen LogP contribution in [0, 0.1) is 5.92 Å². The van der Waals surface area contributed by atoms with E-state index < -0.39 is 11.2 Å². The molecule has 1 fully saturated rings. The number of nitrogens with zero attached hydrogens (tertiary/aromatic N) is 2. The van der Waals surface area contributed by atoms with Gasteiger partial charge >= 0.3 is 0 Å². The van der Waals surface area contributed by atoms with Crippen LogP contribution in [0.1, 0.15) is 56.6 Å². The van der Waals surface area contributed by atoms with E-state index in [9.17, 15) is 9.59 Å². The minimum Gasteiger partial charge on any atom is -0.486 e. The van der Waals surface area contributed by atoms with E-state index in [2.05, 4.69) is 20.8 Å². The second-order valence-corrected chi connectivity index (χ2v) is 11.7. The van der Waals surface area contributed by atoms with Crippen molar-refractivity contribution in [2.45, 2.75) is 56.7 Å². The van der Waals surface area contributed by atoms with E-state index in [0.29, 0.717) is 17.9 Å². The van der Waals surface area contributed by atoms with Crippen molar-refractivity contribution in [3.05, 3.63) is 80.4 Å². The van der Waals surface area contributed by atoms with Gasteiger partial charge in [-0.2, -0.15) is 0 Å². The van der Waals surface area contributed by atoms with E-state index in [4.69, 9.17) is 9.47 Å². The van der Waals surface area contributed by atoms with Crippen LogP contribution in [-0.4, -0.2) is 20.3 Å². The lowest BCUT2D eigenvalue weighted by molar-refractivity contribution is -0.0798. The molecule has 2 aromatic heterocycles. The number of fused-ring (bicyclic) bond motifs is 12. The van der Waals surface area contributed by atoms with Crippen LogP contribution in [0.2, 0.25) is 0 Å². The lowest BCUT2D eigenvalue weighted by atomic mass is 9.56. The predicted molar refractivity (Wildman–Crippen MR) is 140 cm³/mol. The fourth-order valence-electron chi connectivity index (χ4n) is 7.60. The van der Waals surface area contributed by atoms with Crippen LogP contribution < -0.4 is 20.6 Å². The van der Waals surface area contributed by atoms with E-state index >= 15 is 0 Å². The number of benzene rings is 2. The number of aromatic nitrogens is 2. The molecule has 36 heavy (non-hydrogen) atoms. The summed E-state index contributed by atoms with van der Waals surface area (Å²) in [6, 6.07) is 15.9. The first kappa shape index (κ1) is 21.7. The molecule has 1 saturated carbocycles. The topological polar surface area (TPSA) is 62.5 Å². The number of rotatable bonds is 0. The first-order valence-electron chi connectivity index (χ1n) is 12.7. The Labute approximate surface area is 209 Å². The second-order valence-electron chi connectivity index (χ2n) is 11.7. The van der Waals surface area contributed by atoms with Crippen molar-refractivity contribution < 1.29 is 9.47 Å². The number of pyridine rings is 2. The second kappa shape index (κ2) is 6.81. The monoisotopic (exact) mass is 482 g/mol. The highest BCUT2D eigenvalue weighted by Gasteiger charge is 2.59. The van der Waals surface area contributed by atoms with Gasteiger partial charge in [0.05, 0.1) is 22.2 Å². The summed E-state index contributed by atoms with van der Waals surface area (Å²) in [5.41, 5.74) is 2.06. The highest BCUT2D eigenvalue weighted by atomic mass is 16.5. The van der Waals surface area contributed by atoms with Crippen molar-refractivity contribution >= 4 is 21.8 Å². The van der Waals surface area contributed by atoms with Crippen LogP contribution in [-0.2, 0) is 14.1 Å². The molecule has 2 bridgehead atoms. The zero-order valence-corrected chi connectivity index (χ0v) is 21.3. The molecule has 4 heterocycles. The van der Waals surface area contributed by atoms with E-state index in [1.54, 1.807) is 9.13 Å². The normalized spacial score (nSPS) is 27.5. The highest BCUT2D eigenvalue weighted by Crippen LogP contribution is 2.62. The zero-order chi connectivity index (χ0) is 25.1. The Morgan fingerprint density at radius 3 is 1.67 bits per heavy atom. The number of ether oxygens (including phenoxy) is 2. The van der Waals surface area contributed by atoms with Gasteiger partial charge in [0.2, 0.25) is 0 Å². The molecule has 4 atom stereocenters. The molecule has 2 aliphatic heterocycles. The van der Waals surface area contributed by atoms with Crippen molar-refractivity contribution in [2.24, 2.45) is 20.0 Å². The molecule has 3 aliphatic rings. The molecular formula is C30H30N2O4. The average Bonchev–Trinajstić information content (AvgIpc) is 2.84. The third-order valence-corrected chi connectivity index (χ3v) is 9.01. The van der Waals surface area contributed by atoms with Gasteiger partial charge in [0.1, 0.15) is 22.7 Å². The molecule has 0 spiro atoms. The molecule has 4 unspecified atom stereocenters. The summed E-state index contributed by atoms with van der Waals surface area (Å²) in [7, 11) is 3.66. The molecule has 6 heteroatoms. The quantitative estimate of drug-likeness (QED) is 0.354. The van der Waals surface area contributed by atoms with Crippen LogP contribution in [0.15, 0.2) is 58.1 Å². The molecule has 7 rings (SSSR count). The molecule has 4 aromatic rings. The van der Waals surface area contributed by atoms with Crippen molar-refractivity contribution in [3.8, 4) is 11.5 Å². The lowest BCUT2D eigenvalue weighted by Crippen LogP contribution is -2.58. The summed E-state index contributed by atoms with van der Waals surface area (Å²) in [5.74, 6) is 1.19. The molecule has 2 aromatic carbocycles. The lowest BCUT2D eigenvalue weighted by Gasteiger charge is -2.57. The van der Waals surface area contributed by atoms with Crippen molar-refractivity contribution in [2.75, 3.05) is 0 Å². The van der Waals surface area contributed by atoms with Crippen molar-refractivity contribution in [3.63, 3.8) is 0 Å². The van der Waals surface area contributed by atoms with Crippen LogP contribution in [0.25, 0.3) is 21.8 Å². The third kappa shape index (κ3) is 2.62. The number of hydrogen-bond donors (Lipinski definition) is 0. The van der Waals surface area contributed by atoms with Gasteiger partial charge in [0.25, 0.3) is 11.1 Å². The SMILES string of the molecule is Cn1c(=O)c2c(c3ccccc31)OC1(C)CC2C2C(C1)c1c(c3ccccc3n(C)c1=O)OC2(C)C. The average molecular weight is 483 g/mol. The standard InChI is InChI=1S/C30H30N2O4/c1-29(2)24-18(22-25(35-29)16-10-6-8-12-20(16)31(4)27(22)33)14-30(3)15-19(24)23-26(36-30)17-11-7-9-13-21(17)32(5)28(23)34/h6-13,18-19,24H,14-15H2,1-5H3. The molecule has 0 N–H and O–H groups in total. The molecule has 0 radical (unpaired) electrons. The van der Waals surface area contributed by atoms with Crippen molar-refractivity contribution in [1.29, 1.82) is 0 Å². The Morgan fingerprint density at radius 1 is 0.722 bits per heavy atom. The van der Waals surface area contributed by atoms with E-state index in [0.717, 1.165) is 39.4 Å². The van der Waals surface area contributed by atoms with Crippen molar-refractivity contribution in [1.82, 2.24) is 9.13 Å². The molecule has 6 nitrogen and oxygen atoms in total.